The zero-order chi connectivity index (χ0) is 15.2. The standard InChI is InChI=1S/C17H26N2O2/c1-13(2)11-19-9-8-14(12-19)10-18-17(21)16(20)15-6-4-3-5-7-15/h3-7,13-14,16,20H,8-12H2,1-2H3,(H,18,21). The SMILES string of the molecule is CC(C)CN1CCC(CNC(=O)C(O)c2ccccc2)C1. The second kappa shape index (κ2) is 7.57. The van der Waals surface area contributed by atoms with Gasteiger partial charge in [0.05, 0.1) is 0 Å². The van der Waals surface area contributed by atoms with Gasteiger partial charge in [-0.05, 0) is 30.4 Å². The van der Waals surface area contributed by atoms with E-state index in [1.165, 1.54) is 0 Å². The van der Waals surface area contributed by atoms with E-state index < -0.39 is 6.10 Å². The minimum Gasteiger partial charge on any atom is -0.378 e. The summed E-state index contributed by atoms with van der Waals surface area (Å²) < 4.78 is 0. The van der Waals surface area contributed by atoms with Gasteiger partial charge in [-0.2, -0.15) is 0 Å². The molecule has 21 heavy (non-hydrogen) atoms. The molecule has 0 aromatic heterocycles. The normalized spacial score (nSPS) is 20.7. The van der Waals surface area contributed by atoms with Crippen LogP contribution in [0.15, 0.2) is 30.3 Å². The van der Waals surface area contributed by atoms with Crippen molar-refractivity contribution in [1.29, 1.82) is 0 Å². The van der Waals surface area contributed by atoms with E-state index in [4.69, 9.17) is 0 Å². The molecule has 0 spiro atoms. The quantitative estimate of drug-likeness (QED) is 0.840. The summed E-state index contributed by atoms with van der Waals surface area (Å²) in [4.78, 5) is 14.4. The fourth-order valence-electron chi connectivity index (χ4n) is 2.89. The number of hydrogen-bond donors (Lipinski definition) is 2. The van der Waals surface area contributed by atoms with Gasteiger partial charge >= 0.3 is 0 Å². The van der Waals surface area contributed by atoms with E-state index in [-0.39, 0.29) is 5.91 Å². The fourth-order valence-corrected chi connectivity index (χ4v) is 2.89. The number of nitrogens with one attached hydrogen (secondary N) is 1. The number of rotatable bonds is 6. The fraction of sp³-hybridized carbons (Fsp3) is 0.588. The molecule has 0 bridgehead atoms. The number of aliphatic hydroxyl groups is 1. The van der Waals surface area contributed by atoms with Gasteiger partial charge in [0.15, 0.2) is 6.10 Å². The highest BCUT2D eigenvalue weighted by molar-refractivity contribution is 5.81. The van der Waals surface area contributed by atoms with Crippen molar-refractivity contribution in [3.05, 3.63) is 35.9 Å². The van der Waals surface area contributed by atoms with Crippen LogP contribution in [-0.4, -0.2) is 42.1 Å². The Bertz CT molecular complexity index is 447. The van der Waals surface area contributed by atoms with Crippen molar-refractivity contribution < 1.29 is 9.90 Å². The molecule has 1 fully saturated rings. The number of aliphatic hydroxyl groups excluding tert-OH is 1. The summed E-state index contributed by atoms with van der Waals surface area (Å²) in [7, 11) is 0. The van der Waals surface area contributed by atoms with Gasteiger partial charge in [-0.15, -0.1) is 0 Å². The lowest BCUT2D eigenvalue weighted by Gasteiger charge is -2.18. The molecule has 1 amide bonds. The molecule has 1 heterocycles. The van der Waals surface area contributed by atoms with Crippen molar-refractivity contribution in [2.45, 2.75) is 26.4 Å². The van der Waals surface area contributed by atoms with Crippen LogP contribution in [0.3, 0.4) is 0 Å². The summed E-state index contributed by atoms with van der Waals surface area (Å²) in [6.07, 6.45) is 0.0494. The summed E-state index contributed by atoms with van der Waals surface area (Å²) in [6, 6.07) is 9.06. The number of carbonyl (C=O) groups is 1. The average Bonchev–Trinajstić information content (AvgIpc) is 2.91. The topological polar surface area (TPSA) is 52.6 Å². The Labute approximate surface area is 127 Å². The summed E-state index contributed by atoms with van der Waals surface area (Å²) in [5, 5.41) is 12.9. The molecule has 0 radical (unpaired) electrons. The molecule has 4 nitrogen and oxygen atoms in total. The van der Waals surface area contributed by atoms with Crippen LogP contribution in [0.25, 0.3) is 0 Å². The minimum absolute atomic E-state index is 0.302. The zero-order valence-electron chi connectivity index (χ0n) is 13.0. The first-order chi connectivity index (χ1) is 10.1. The second-order valence-corrected chi connectivity index (χ2v) is 6.37. The van der Waals surface area contributed by atoms with E-state index in [1.54, 1.807) is 12.1 Å². The number of nitrogens with zero attached hydrogens (tertiary/aromatic N) is 1. The van der Waals surface area contributed by atoms with Crippen molar-refractivity contribution in [3.8, 4) is 0 Å². The summed E-state index contributed by atoms with van der Waals surface area (Å²) in [5.41, 5.74) is 0.642. The molecule has 4 heteroatoms. The molecule has 2 rings (SSSR count). The molecule has 0 aliphatic carbocycles. The van der Waals surface area contributed by atoms with Crippen LogP contribution in [-0.2, 0) is 4.79 Å². The van der Waals surface area contributed by atoms with Crippen LogP contribution >= 0.6 is 0 Å². The molecule has 1 saturated heterocycles. The Balaban J connectivity index is 1.75. The smallest absolute Gasteiger partial charge is 0.253 e. The molecule has 1 aliphatic rings. The second-order valence-electron chi connectivity index (χ2n) is 6.37. The number of carbonyl (C=O) groups excluding carboxylic acids is 1. The van der Waals surface area contributed by atoms with E-state index in [9.17, 15) is 9.90 Å². The maximum atomic E-state index is 12.0. The molecule has 0 saturated carbocycles. The maximum absolute atomic E-state index is 12.0. The molecule has 2 unspecified atom stereocenters. The minimum atomic E-state index is -1.07. The van der Waals surface area contributed by atoms with Crippen molar-refractivity contribution in [2.75, 3.05) is 26.2 Å². The number of benzene rings is 1. The molecule has 1 aromatic carbocycles. The van der Waals surface area contributed by atoms with Crippen LogP contribution in [0.4, 0.5) is 0 Å². The van der Waals surface area contributed by atoms with Gasteiger partial charge in [0.25, 0.3) is 5.91 Å². The Morgan fingerprint density at radius 3 is 2.76 bits per heavy atom. The highest BCUT2D eigenvalue weighted by atomic mass is 16.3. The van der Waals surface area contributed by atoms with E-state index in [1.807, 2.05) is 18.2 Å². The first-order valence-corrected chi connectivity index (χ1v) is 7.79. The van der Waals surface area contributed by atoms with Crippen molar-refractivity contribution >= 4 is 5.91 Å². The average molecular weight is 290 g/mol. The van der Waals surface area contributed by atoms with Gasteiger partial charge in [-0.25, -0.2) is 0 Å². The molecular formula is C17H26N2O2. The number of hydrogen-bond acceptors (Lipinski definition) is 3. The molecule has 1 aliphatic heterocycles. The van der Waals surface area contributed by atoms with E-state index in [0.29, 0.717) is 23.9 Å². The molecule has 2 atom stereocenters. The number of likely N-dealkylation sites (tertiary alicyclic amines) is 1. The predicted molar refractivity (Wildman–Crippen MR) is 83.8 cm³/mol. The molecule has 116 valence electrons. The summed E-state index contributed by atoms with van der Waals surface area (Å²) in [5.74, 6) is 0.873. The van der Waals surface area contributed by atoms with E-state index in [2.05, 4.69) is 24.1 Å². The van der Waals surface area contributed by atoms with Gasteiger partial charge in [0.2, 0.25) is 0 Å². The lowest BCUT2D eigenvalue weighted by Crippen LogP contribution is -2.34. The van der Waals surface area contributed by atoms with Crippen molar-refractivity contribution in [3.63, 3.8) is 0 Å². The van der Waals surface area contributed by atoms with Crippen LogP contribution in [0.1, 0.15) is 31.9 Å². The van der Waals surface area contributed by atoms with Gasteiger partial charge in [-0.1, -0.05) is 44.2 Å². The summed E-state index contributed by atoms with van der Waals surface area (Å²) in [6.45, 7) is 8.38. The van der Waals surface area contributed by atoms with Gasteiger partial charge in [0, 0.05) is 19.6 Å². The van der Waals surface area contributed by atoms with Crippen LogP contribution in [0.2, 0.25) is 0 Å². The highest BCUT2D eigenvalue weighted by Crippen LogP contribution is 2.17. The molecule has 2 N–H and O–H groups in total. The lowest BCUT2D eigenvalue weighted by atomic mass is 10.1. The molecular weight excluding hydrogens is 264 g/mol. The van der Waals surface area contributed by atoms with Gasteiger partial charge < -0.3 is 15.3 Å². The largest absolute Gasteiger partial charge is 0.378 e. The number of amides is 1. The van der Waals surface area contributed by atoms with E-state index in [0.717, 1.165) is 26.1 Å². The first-order valence-electron chi connectivity index (χ1n) is 7.79. The Morgan fingerprint density at radius 1 is 1.38 bits per heavy atom. The van der Waals surface area contributed by atoms with Crippen molar-refractivity contribution in [2.24, 2.45) is 11.8 Å². The van der Waals surface area contributed by atoms with E-state index >= 15 is 0 Å². The monoisotopic (exact) mass is 290 g/mol. The summed E-state index contributed by atoms with van der Waals surface area (Å²) >= 11 is 0. The third-order valence-corrected chi connectivity index (χ3v) is 3.92. The first kappa shape index (κ1) is 16.0. The zero-order valence-corrected chi connectivity index (χ0v) is 13.0. The van der Waals surface area contributed by atoms with Crippen LogP contribution < -0.4 is 5.32 Å². The van der Waals surface area contributed by atoms with Crippen LogP contribution in [0.5, 0.6) is 0 Å². The lowest BCUT2D eigenvalue weighted by molar-refractivity contribution is -0.129. The predicted octanol–water partition coefficient (Wildman–Crippen LogP) is 1.81. The molecule has 1 aromatic rings. The van der Waals surface area contributed by atoms with Crippen LogP contribution in [0, 0.1) is 11.8 Å². The Hall–Kier alpha value is -1.39. The maximum Gasteiger partial charge on any atom is 0.253 e. The third kappa shape index (κ3) is 4.83. The Morgan fingerprint density at radius 2 is 2.10 bits per heavy atom. The highest BCUT2D eigenvalue weighted by Gasteiger charge is 2.24. The third-order valence-electron chi connectivity index (χ3n) is 3.92. The van der Waals surface area contributed by atoms with Gasteiger partial charge in [0.1, 0.15) is 0 Å². The van der Waals surface area contributed by atoms with Crippen molar-refractivity contribution in [1.82, 2.24) is 10.2 Å². The Kier molecular flexibility index (Phi) is 5.76. The van der Waals surface area contributed by atoms with Gasteiger partial charge in [-0.3, -0.25) is 4.79 Å².